The Labute approximate surface area is 127 Å². The van der Waals surface area contributed by atoms with Crippen LogP contribution in [0.4, 0.5) is 5.69 Å². The topological polar surface area (TPSA) is 84.5 Å². The smallest absolute Gasteiger partial charge is 0.337 e. The number of ether oxygens (including phenoxy) is 1. The van der Waals surface area contributed by atoms with Gasteiger partial charge in [-0.15, -0.1) is 11.6 Å². The Morgan fingerprint density at radius 3 is 2.67 bits per heavy atom. The minimum absolute atomic E-state index is 0.109. The fourth-order valence-corrected chi connectivity index (χ4v) is 1.58. The van der Waals surface area contributed by atoms with Crippen molar-refractivity contribution in [2.45, 2.75) is 18.7 Å². The summed E-state index contributed by atoms with van der Waals surface area (Å²) < 4.78 is 4.60. The van der Waals surface area contributed by atoms with Crippen molar-refractivity contribution in [3.63, 3.8) is 0 Å². The molecule has 1 aromatic carbocycles. The van der Waals surface area contributed by atoms with Gasteiger partial charge in [0.15, 0.2) is 0 Å². The predicted octanol–water partition coefficient (Wildman–Crippen LogP) is 1.55. The molecule has 1 aromatic rings. The van der Waals surface area contributed by atoms with Crippen molar-refractivity contribution in [3.8, 4) is 0 Å². The lowest BCUT2D eigenvalue weighted by molar-refractivity contribution is -0.120. The van der Waals surface area contributed by atoms with E-state index in [-0.39, 0.29) is 24.8 Å². The molecular formula is C14H17ClN2O4. The lowest BCUT2D eigenvalue weighted by atomic mass is 10.2. The third kappa shape index (κ3) is 5.83. The number of halogens is 1. The van der Waals surface area contributed by atoms with E-state index in [9.17, 15) is 14.4 Å². The van der Waals surface area contributed by atoms with E-state index in [1.165, 1.54) is 13.2 Å². The number of anilines is 1. The molecule has 21 heavy (non-hydrogen) atoms. The normalized spacial score (nSPS) is 11.4. The number of nitrogens with one attached hydrogen (secondary N) is 2. The third-order valence-electron chi connectivity index (χ3n) is 2.58. The van der Waals surface area contributed by atoms with Gasteiger partial charge >= 0.3 is 5.97 Å². The van der Waals surface area contributed by atoms with E-state index in [1.807, 2.05) is 0 Å². The first kappa shape index (κ1) is 17.0. The number of benzene rings is 1. The van der Waals surface area contributed by atoms with Crippen LogP contribution in [-0.2, 0) is 14.3 Å². The molecule has 0 saturated heterocycles. The Kier molecular flexibility index (Phi) is 6.68. The van der Waals surface area contributed by atoms with Gasteiger partial charge in [-0.2, -0.15) is 0 Å². The van der Waals surface area contributed by atoms with Crippen LogP contribution in [0.15, 0.2) is 24.3 Å². The molecule has 0 saturated carbocycles. The molecule has 0 aliphatic carbocycles. The quantitative estimate of drug-likeness (QED) is 0.616. The summed E-state index contributed by atoms with van der Waals surface area (Å²) in [5.74, 6) is -1.08. The van der Waals surface area contributed by atoms with E-state index >= 15 is 0 Å². The van der Waals surface area contributed by atoms with Gasteiger partial charge in [-0.25, -0.2) is 4.79 Å². The first-order chi connectivity index (χ1) is 9.93. The Balaban J connectivity index is 2.48. The van der Waals surface area contributed by atoms with Crippen molar-refractivity contribution in [2.24, 2.45) is 0 Å². The minimum Gasteiger partial charge on any atom is -0.465 e. The molecule has 2 N–H and O–H groups in total. The number of amides is 2. The lowest BCUT2D eigenvalue weighted by Crippen LogP contribution is -2.32. The third-order valence-corrected chi connectivity index (χ3v) is 2.78. The molecule has 0 fully saturated rings. The van der Waals surface area contributed by atoms with Gasteiger partial charge in [0.1, 0.15) is 5.38 Å². The standard InChI is InChI=1S/C14H17ClN2O4/c1-9(15)13(19)16-7-6-12(18)17-11-5-3-4-10(8-11)14(20)21-2/h3-5,8-9H,6-7H2,1-2H3,(H,16,19)(H,17,18)/t9-/m0/s1. The molecule has 0 radical (unpaired) electrons. The Morgan fingerprint density at radius 2 is 2.05 bits per heavy atom. The van der Waals surface area contributed by atoms with Crippen molar-refractivity contribution in [1.82, 2.24) is 5.32 Å². The highest BCUT2D eigenvalue weighted by Crippen LogP contribution is 2.11. The highest BCUT2D eigenvalue weighted by molar-refractivity contribution is 6.30. The zero-order chi connectivity index (χ0) is 15.8. The number of carbonyl (C=O) groups is 3. The second kappa shape index (κ2) is 8.26. The highest BCUT2D eigenvalue weighted by Gasteiger charge is 2.10. The SMILES string of the molecule is COC(=O)c1cccc(NC(=O)CCNC(=O)[C@H](C)Cl)c1. The summed E-state index contributed by atoms with van der Waals surface area (Å²) in [6.45, 7) is 1.74. The molecule has 0 unspecified atom stereocenters. The maximum atomic E-state index is 11.7. The molecule has 0 aromatic heterocycles. The summed E-state index contributed by atoms with van der Waals surface area (Å²) in [4.78, 5) is 34.3. The summed E-state index contributed by atoms with van der Waals surface area (Å²) >= 11 is 5.58. The van der Waals surface area contributed by atoms with Crippen molar-refractivity contribution < 1.29 is 19.1 Å². The molecule has 0 bridgehead atoms. The van der Waals surface area contributed by atoms with E-state index in [0.717, 1.165) is 0 Å². The van der Waals surface area contributed by atoms with Crippen LogP contribution in [0.2, 0.25) is 0 Å². The molecule has 1 rings (SSSR count). The maximum Gasteiger partial charge on any atom is 0.337 e. The van der Waals surface area contributed by atoms with Gasteiger partial charge in [0.25, 0.3) is 0 Å². The number of carbonyl (C=O) groups excluding carboxylic acids is 3. The van der Waals surface area contributed by atoms with Crippen LogP contribution < -0.4 is 10.6 Å². The summed E-state index contributed by atoms with van der Waals surface area (Å²) in [5.41, 5.74) is 0.833. The van der Waals surface area contributed by atoms with Crippen LogP contribution in [0.5, 0.6) is 0 Å². The summed E-state index contributed by atoms with van der Waals surface area (Å²) in [6, 6.07) is 6.40. The monoisotopic (exact) mass is 312 g/mol. The van der Waals surface area contributed by atoms with E-state index in [0.29, 0.717) is 11.3 Å². The number of methoxy groups -OCH3 is 1. The summed E-state index contributed by atoms with van der Waals surface area (Å²) in [5, 5.41) is 4.53. The largest absolute Gasteiger partial charge is 0.465 e. The first-order valence-corrected chi connectivity index (χ1v) is 6.77. The van der Waals surface area contributed by atoms with Crippen LogP contribution in [-0.4, -0.2) is 36.8 Å². The van der Waals surface area contributed by atoms with Gasteiger partial charge in [0.05, 0.1) is 12.7 Å². The molecule has 1 atom stereocenters. The van der Waals surface area contributed by atoms with Gasteiger partial charge in [0.2, 0.25) is 11.8 Å². The first-order valence-electron chi connectivity index (χ1n) is 6.34. The summed E-state index contributed by atoms with van der Waals surface area (Å²) in [7, 11) is 1.29. The van der Waals surface area contributed by atoms with Crippen LogP contribution >= 0.6 is 11.6 Å². The van der Waals surface area contributed by atoms with Crippen molar-refractivity contribution in [2.75, 3.05) is 19.0 Å². The van der Waals surface area contributed by atoms with Crippen molar-refractivity contribution in [3.05, 3.63) is 29.8 Å². The van der Waals surface area contributed by atoms with Gasteiger partial charge in [0, 0.05) is 18.7 Å². The van der Waals surface area contributed by atoms with Crippen LogP contribution in [0, 0.1) is 0 Å². The molecule has 0 spiro atoms. The van der Waals surface area contributed by atoms with Crippen molar-refractivity contribution >= 4 is 35.1 Å². The van der Waals surface area contributed by atoms with Crippen LogP contribution in [0.1, 0.15) is 23.7 Å². The molecule has 0 heterocycles. The summed E-state index contributed by atoms with van der Waals surface area (Å²) in [6.07, 6.45) is 0.109. The maximum absolute atomic E-state index is 11.7. The lowest BCUT2D eigenvalue weighted by Gasteiger charge is -2.08. The van der Waals surface area contributed by atoms with E-state index in [1.54, 1.807) is 25.1 Å². The fourth-order valence-electron chi connectivity index (χ4n) is 1.51. The Bertz CT molecular complexity index is 531. The van der Waals surface area contributed by atoms with Crippen molar-refractivity contribution in [1.29, 1.82) is 0 Å². The van der Waals surface area contributed by atoms with Crippen LogP contribution in [0.25, 0.3) is 0 Å². The molecule has 2 amide bonds. The number of rotatable bonds is 6. The van der Waals surface area contributed by atoms with E-state index in [2.05, 4.69) is 15.4 Å². The average Bonchev–Trinajstić information content (AvgIpc) is 2.46. The Morgan fingerprint density at radius 1 is 1.33 bits per heavy atom. The van der Waals surface area contributed by atoms with Gasteiger partial charge in [-0.1, -0.05) is 6.07 Å². The second-order valence-corrected chi connectivity index (χ2v) is 4.93. The average molecular weight is 313 g/mol. The number of hydrogen-bond donors (Lipinski definition) is 2. The second-order valence-electron chi connectivity index (χ2n) is 4.28. The minimum atomic E-state index is -0.634. The zero-order valence-corrected chi connectivity index (χ0v) is 12.6. The van der Waals surface area contributed by atoms with Gasteiger partial charge < -0.3 is 15.4 Å². The molecule has 6 nitrogen and oxygen atoms in total. The highest BCUT2D eigenvalue weighted by atomic mass is 35.5. The molecule has 7 heteroatoms. The van der Waals surface area contributed by atoms with E-state index < -0.39 is 11.3 Å². The number of hydrogen-bond acceptors (Lipinski definition) is 4. The van der Waals surface area contributed by atoms with Gasteiger partial charge in [-0.3, -0.25) is 9.59 Å². The van der Waals surface area contributed by atoms with Crippen LogP contribution in [0.3, 0.4) is 0 Å². The molecule has 0 aliphatic rings. The Hall–Kier alpha value is -2.08. The fraction of sp³-hybridized carbons (Fsp3) is 0.357. The van der Waals surface area contributed by atoms with Gasteiger partial charge in [-0.05, 0) is 25.1 Å². The molecule has 114 valence electrons. The number of alkyl halides is 1. The zero-order valence-electron chi connectivity index (χ0n) is 11.8. The molecular weight excluding hydrogens is 296 g/mol. The number of esters is 1. The molecule has 0 aliphatic heterocycles. The van der Waals surface area contributed by atoms with E-state index in [4.69, 9.17) is 11.6 Å². The predicted molar refractivity (Wildman–Crippen MR) is 79.4 cm³/mol.